The van der Waals surface area contributed by atoms with Crippen molar-refractivity contribution in [3.63, 3.8) is 0 Å². The monoisotopic (exact) mass is 372 g/mol. The average molecular weight is 372 g/mol. The first-order chi connectivity index (χ1) is 13.1. The molecule has 1 aromatic rings. The number of nitrogens with one attached hydrogen (secondary N) is 1. The van der Waals surface area contributed by atoms with Gasteiger partial charge in [-0.2, -0.15) is 0 Å². The van der Waals surface area contributed by atoms with E-state index in [1.807, 2.05) is 30.9 Å². The van der Waals surface area contributed by atoms with Crippen LogP contribution in [0.15, 0.2) is 24.3 Å². The second-order valence-electron chi connectivity index (χ2n) is 7.83. The molecule has 4 rings (SSSR count). The average Bonchev–Trinajstić information content (AvgIpc) is 3.35. The lowest BCUT2D eigenvalue weighted by molar-refractivity contribution is -0.131. The number of benzene rings is 1. The molecule has 3 saturated heterocycles. The predicted octanol–water partition coefficient (Wildman–Crippen LogP) is 2.23. The smallest absolute Gasteiger partial charge is 0.251 e. The largest absolute Gasteiger partial charge is 0.494 e. The van der Waals surface area contributed by atoms with E-state index in [0.29, 0.717) is 37.6 Å². The second-order valence-corrected chi connectivity index (χ2v) is 7.83. The minimum absolute atomic E-state index is 0.0747. The van der Waals surface area contributed by atoms with E-state index in [1.54, 1.807) is 12.1 Å². The lowest BCUT2D eigenvalue weighted by Gasteiger charge is -2.29. The van der Waals surface area contributed by atoms with Crippen LogP contribution in [0.2, 0.25) is 0 Å². The molecular weight excluding hydrogens is 344 g/mol. The van der Waals surface area contributed by atoms with Gasteiger partial charge in [-0.25, -0.2) is 0 Å². The summed E-state index contributed by atoms with van der Waals surface area (Å²) in [4.78, 5) is 26.6. The Kier molecular flexibility index (Phi) is 4.84. The first kappa shape index (κ1) is 18.3. The molecule has 0 aromatic heterocycles. The van der Waals surface area contributed by atoms with E-state index in [-0.39, 0.29) is 29.4 Å². The van der Waals surface area contributed by atoms with Crippen molar-refractivity contribution in [3.8, 4) is 5.75 Å². The predicted molar refractivity (Wildman–Crippen MR) is 101 cm³/mol. The summed E-state index contributed by atoms with van der Waals surface area (Å²) >= 11 is 0. The molecule has 3 fully saturated rings. The molecule has 2 amide bonds. The SMILES string of the molecule is CCOc1ccc(C(=O)NC[C@H]2[C@H]3CN(C(=O)CC)C[C@]34CC[C@H]2O4)cc1. The van der Waals surface area contributed by atoms with Crippen LogP contribution in [0.5, 0.6) is 5.75 Å². The van der Waals surface area contributed by atoms with Gasteiger partial charge in [-0.3, -0.25) is 9.59 Å². The van der Waals surface area contributed by atoms with E-state index < -0.39 is 0 Å². The maximum atomic E-state index is 12.5. The van der Waals surface area contributed by atoms with Crippen molar-refractivity contribution in [1.82, 2.24) is 10.2 Å². The molecule has 146 valence electrons. The van der Waals surface area contributed by atoms with E-state index in [9.17, 15) is 9.59 Å². The first-order valence-electron chi connectivity index (χ1n) is 10.0. The zero-order valence-electron chi connectivity index (χ0n) is 16.1. The maximum absolute atomic E-state index is 12.5. The Bertz CT molecular complexity index is 719. The van der Waals surface area contributed by atoms with Crippen LogP contribution in [0.3, 0.4) is 0 Å². The summed E-state index contributed by atoms with van der Waals surface area (Å²) in [7, 11) is 0. The number of likely N-dealkylation sites (tertiary alicyclic amines) is 1. The Balaban J connectivity index is 1.38. The molecule has 3 heterocycles. The van der Waals surface area contributed by atoms with E-state index in [4.69, 9.17) is 9.47 Å². The molecule has 4 atom stereocenters. The molecule has 0 saturated carbocycles. The summed E-state index contributed by atoms with van der Waals surface area (Å²) in [6.45, 7) is 6.51. The highest BCUT2D eigenvalue weighted by molar-refractivity contribution is 5.94. The maximum Gasteiger partial charge on any atom is 0.251 e. The van der Waals surface area contributed by atoms with Crippen LogP contribution < -0.4 is 10.1 Å². The number of ether oxygens (including phenoxy) is 2. The van der Waals surface area contributed by atoms with Crippen molar-refractivity contribution >= 4 is 11.8 Å². The van der Waals surface area contributed by atoms with Crippen LogP contribution in [0.25, 0.3) is 0 Å². The van der Waals surface area contributed by atoms with Crippen molar-refractivity contribution in [2.75, 3.05) is 26.2 Å². The molecule has 0 unspecified atom stereocenters. The fourth-order valence-electron chi connectivity index (χ4n) is 5.06. The highest BCUT2D eigenvalue weighted by atomic mass is 16.5. The molecular formula is C21H28N2O4. The van der Waals surface area contributed by atoms with Crippen LogP contribution >= 0.6 is 0 Å². The van der Waals surface area contributed by atoms with Gasteiger partial charge in [0.1, 0.15) is 5.75 Å². The van der Waals surface area contributed by atoms with Gasteiger partial charge in [0.15, 0.2) is 0 Å². The zero-order chi connectivity index (χ0) is 19.0. The molecule has 3 aliphatic heterocycles. The number of hydrogen-bond acceptors (Lipinski definition) is 4. The highest BCUT2D eigenvalue weighted by Gasteiger charge is 2.63. The molecule has 2 bridgehead atoms. The topological polar surface area (TPSA) is 67.9 Å². The second kappa shape index (κ2) is 7.15. The molecule has 27 heavy (non-hydrogen) atoms. The Hall–Kier alpha value is -2.08. The van der Waals surface area contributed by atoms with Gasteiger partial charge in [-0.05, 0) is 44.0 Å². The Morgan fingerprint density at radius 3 is 2.78 bits per heavy atom. The summed E-state index contributed by atoms with van der Waals surface area (Å²) in [6, 6.07) is 7.21. The van der Waals surface area contributed by atoms with Crippen LogP contribution in [0.4, 0.5) is 0 Å². The molecule has 0 aliphatic carbocycles. The number of amides is 2. The molecule has 6 heteroatoms. The van der Waals surface area contributed by atoms with Gasteiger partial charge in [0, 0.05) is 36.9 Å². The van der Waals surface area contributed by atoms with E-state index in [0.717, 1.165) is 25.1 Å². The molecule has 6 nitrogen and oxygen atoms in total. The zero-order valence-corrected chi connectivity index (χ0v) is 16.1. The molecule has 0 radical (unpaired) electrons. The van der Waals surface area contributed by atoms with Gasteiger partial charge < -0.3 is 19.7 Å². The third-order valence-electron chi connectivity index (χ3n) is 6.36. The van der Waals surface area contributed by atoms with Crippen molar-refractivity contribution in [1.29, 1.82) is 0 Å². The van der Waals surface area contributed by atoms with Crippen LogP contribution in [-0.4, -0.2) is 54.7 Å². The Labute approximate surface area is 160 Å². The van der Waals surface area contributed by atoms with Crippen molar-refractivity contribution in [2.45, 2.75) is 44.8 Å². The van der Waals surface area contributed by atoms with E-state index in [1.165, 1.54) is 0 Å². The van der Waals surface area contributed by atoms with Gasteiger partial charge in [0.25, 0.3) is 5.91 Å². The fourth-order valence-corrected chi connectivity index (χ4v) is 5.06. The van der Waals surface area contributed by atoms with E-state index in [2.05, 4.69) is 5.32 Å². The number of rotatable bonds is 6. The number of carbonyl (C=O) groups excluding carboxylic acids is 2. The minimum Gasteiger partial charge on any atom is -0.494 e. The van der Waals surface area contributed by atoms with Gasteiger partial charge in [0.05, 0.1) is 24.9 Å². The van der Waals surface area contributed by atoms with Crippen LogP contribution in [-0.2, 0) is 9.53 Å². The van der Waals surface area contributed by atoms with Crippen molar-refractivity contribution in [3.05, 3.63) is 29.8 Å². The van der Waals surface area contributed by atoms with Gasteiger partial charge in [0.2, 0.25) is 5.91 Å². The third-order valence-corrected chi connectivity index (χ3v) is 6.36. The van der Waals surface area contributed by atoms with E-state index >= 15 is 0 Å². The lowest BCUT2D eigenvalue weighted by atomic mass is 9.73. The summed E-state index contributed by atoms with van der Waals surface area (Å²) in [5, 5.41) is 3.08. The summed E-state index contributed by atoms with van der Waals surface area (Å²) < 4.78 is 11.8. The first-order valence-corrected chi connectivity index (χ1v) is 10.0. The molecule has 1 N–H and O–H groups in total. The van der Waals surface area contributed by atoms with Crippen molar-refractivity contribution < 1.29 is 19.1 Å². The summed E-state index contributed by atoms with van der Waals surface area (Å²) in [6.07, 6.45) is 2.79. The van der Waals surface area contributed by atoms with Gasteiger partial charge in [-0.1, -0.05) is 6.92 Å². The van der Waals surface area contributed by atoms with Crippen LogP contribution in [0, 0.1) is 11.8 Å². The summed E-state index contributed by atoms with van der Waals surface area (Å²) in [5.74, 6) is 1.49. The lowest BCUT2D eigenvalue weighted by Crippen LogP contribution is -2.41. The quantitative estimate of drug-likeness (QED) is 0.832. The van der Waals surface area contributed by atoms with Gasteiger partial charge in [-0.15, -0.1) is 0 Å². The molecule has 1 aromatic carbocycles. The standard InChI is InChI=1S/C21H28N2O4/c1-3-19(24)23-12-17-16(18-9-10-21(17,13-23)27-18)11-22-20(25)14-5-7-15(8-6-14)26-4-2/h5-8,16-18H,3-4,9-13H2,1-2H3,(H,22,25)/t16-,17+,18+,21+/m0/s1. The third kappa shape index (κ3) is 3.20. The van der Waals surface area contributed by atoms with Gasteiger partial charge >= 0.3 is 0 Å². The van der Waals surface area contributed by atoms with Crippen molar-refractivity contribution in [2.24, 2.45) is 11.8 Å². The molecule has 1 spiro atoms. The molecule has 3 aliphatic rings. The highest BCUT2D eigenvalue weighted by Crippen LogP contribution is 2.54. The minimum atomic E-state index is -0.177. The summed E-state index contributed by atoms with van der Waals surface area (Å²) in [5.41, 5.74) is 0.454. The number of fused-ring (bicyclic) bond motifs is 1. The normalized spacial score (nSPS) is 31.0. The number of hydrogen-bond donors (Lipinski definition) is 1. The Morgan fingerprint density at radius 1 is 1.30 bits per heavy atom. The number of nitrogens with zero attached hydrogens (tertiary/aromatic N) is 1. The van der Waals surface area contributed by atoms with Crippen LogP contribution in [0.1, 0.15) is 43.5 Å². The number of carbonyl (C=O) groups is 2. The fraction of sp³-hybridized carbons (Fsp3) is 0.619. The Morgan fingerprint density at radius 2 is 2.07 bits per heavy atom.